The first-order chi connectivity index (χ1) is 13.5. The van der Waals surface area contributed by atoms with Crippen molar-refractivity contribution in [2.45, 2.75) is 51.4 Å². The summed E-state index contributed by atoms with van der Waals surface area (Å²) in [7, 11) is 0. The SMILES string of the molecule is CCCC1CCC(c2ccc(OC(=O)c3ccc(C#N)c(F)c3)c(F)c2)CC1. The van der Waals surface area contributed by atoms with Gasteiger partial charge in [-0.05, 0) is 73.4 Å². The molecule has 1 saturated carbocycles. The summed E-state index contributed by atoms with van der Waals surface area (Å²) in [5.41, 5.74) is 0.687. The molecule has 0 spiro atoms. The molecule has 2 aromatic carbocycles. The Bertz CT molecular complexity index is 896. The molecule has 0 bridgehead atoms. The fraction of sp³-hybridized carbons (Fsp3) is 0.391. The van der Waals surface area contributed by atoms with Crippen molar-refractivity contribution >= 4 is 5.97 Å². The van der Waals surface area contributed by atoms with E-state index in [0.717, 1.165) is 30.4 Å². The minimum atomic E-state index is -0.866. The Kier molecular flexibility index (Phi) is 6.41. The van der Waals surface area contributed by atoms with Gasteiger partial charge in [0.15, 0.2) is 11.6 Å². The van der Waals surface area contributed by atoms with Crippen LogP contribution >= 0.6 is 0 Å². The lowest BCUT2D eigenvalue weighted by Crippen LogP contribution is -2.14. The van der Waals surface area contributed by atoms with Crippen molar-refractivity contribution in [2.24, 2.45) is 5.92 Å². The van der Waals surface area contributed by atoms with Crippen LogP contribution in [-0.2, 0) is 0 Å². The lowest BCUT2D eigenvalue weighted by molar-refractivity contribution is 0.0727. The maximum atomic E-state index is 14.5. The molecule has 1 fully saturated rings. The van der Waals surface area contributed by atoms with Gasteiger partial charge >= 0.3 is 5.97 Å². The normalized spacial score (nSPS) is 19.1. The van der Waals surface area contributed by atoms with Crippen molar-refractivity contribution < 1.29 is 18.3 Å². The Hall–Kier alpha value is -2.74. The van der Waals surface area contributed by atoms with Gasteiger partial charge in [-0.3, -0.25) is 0 Å². The first kappa shape index (κ1) is 20.0. The molecule has 0 aromatic heterocycles. The molecule has 0 N–H and O–H groups in total. The average molecular weight is 383 g/mol. The van der Waals surface area contributed by atoms with Crippen LogP contribution in [-0.4, -0.2) is 5.97 Å². The van der Waals surface area contributed by atoms with Crippen molar-refractivity contribution in [3.8, 4) is 11.8 Å². The van der Waals surface area contributed by atoms with Gasteiger partial charge in [0.2, 0.25) is 0 Å². The molecule has 146 valence electrons. The standard InChI is InChI=1S/C23H23F2NO2/c1-2-3-15-4-6-16(7-5-15)17-10-11-22(21(25)12-17)28-23(27)18-8-9-19(14-26)20(24)13-18/h8-13,15-16H,2-7H2,1H3. The summed E-state index contributed by atoms with van der Waals surface area (Å²) in [6.45, 7) is 2.20. The number of hydrogen-bond donors (Lipinski definition) is 0. The van der Waals surface area contributed by atoms with E-state index in [9.17, 15) is 13.6 Å². The lowest BCUT2D eigenvalue weighted by atomic mass is 9.77. The molecule has 1 aliphatic rings. The number of benzene rings is 2. The molecule has 0 heterocycles. The maximum Gasteiger partial charge on any atom is 0.343 e. The Morgan fingerprint density at radius 1 is 1.11 bits per heavy atom. The molecular formula is C23H23F2NO2. The van der Waals surface area contributed by atoms with Crippen molar-refractivity contribution in [2.75, 3.05) is 0 Å². The van der Waals surface area contributed by atoms with Crippen LogP contribution in [0.5, 0.6) is 5.75 Å². The number of carbonyl (C=O) groups is 1. The third-order valence-corrected chi connectivity index (χ3v) is 5.50. The summed E-state index contributed by atoms with van der Waals surface area (Å²) < 4.78 is 33.2. The maximum absolute atomic E-state index is 14.5. The third-order valence-electron chi connectivity index (χ3n) is 5.50. The van der Waals surface area contributed by atoms with E-state index in [4.69, 9.17) is 10.00 Å². The predicted octanol–water partition coefficient (Wildman–Crippen LogP) is 6.13. The summed E-state index contributed by atoms with van der Waals surface area (Å²) in [4.78, 5) is 12.2. The predicted molar refractivity (Wildman–Crippen MR) is 102 cm³/mol. The Balaban J connectivity index is 1.67. The summed E-state index contributed by atoms with van der Waals surface area (Å²) in [5.74, 6) is -1.35. The van der Waals surface area contributed by atoms with Gasteiger partial charge in [-0.15, -0.1) is 0 Å². The fourth-order valence-electron chi connectivity index (χ4n) is 3.94. The number of hydrogen-bond acceptors (Lipinski definition) is 3. The number of nitrogens with zero attached hydrogens (tertiary/aromatic N) is 1. The highest BCUT2D eigenvalue weighted by Crippen LogP contribution is 2.38. The average Bonchev–Trinajstić information content (AvgIpc) is 2.70. The van der Waals surface area contributed by atoms with Crippen molar-refractivity contribution in [1.82, 2.24) is 0 Å². The molecule has 28 heavy (non-hydrogen) atoms. The lowest BCUT2D eigenvalue weighted by Gasteiger charge is -2.28. The molecule has 0 unspecified atom stereocenters. The van der Waals surface area contributed by atoms with Gasteiger partial charge in [0.1, 0.15) is 11.9 Å². The molecule has 3 rings (SSSR count). The molecular weight excluding hydrogens is 360 g/mol. The van der Waals surface area contributed by atoms with Gasteiger partial charge in [-0.2, -0.15) is 5.26 Å². The van der Waals surface area contributed by atoms with Crippen LogP contribution in [0.3, 0.4) is 0 Å². The molecule has 0 radical (unpaired) electrons. The van der Waals surface area contributed by atoms with E-state index in [-0.39, 0.29) is 16.9 Å². The monoisotopic (exact) mass is 383 g/mol. The first-order valence-corrected chi connectivity index (χ1v) is 9.73. The summed E-state index contributed by atoms with van der Waals surface area (Å²) >= 11 is 0. The van der Waals surface area contributed by atoms with Crippen LogP contribution in [0.2, 0.25) is 0 Å². The summed E-state index contributed by atoms with van der Waals surface area (Å²) in [6.07, 6.45) is 6.89. The largest absolute Gasteiger partial charge is 0.420 e. The van der Waals surface area contributed by atoms with Crippen molar-refractivity contribution in [3.05, 3.63) is 64.7 Å². The quantitative estimate of drug-likeness (QED) is 0.461. The van der Waals surface area contributed by atoms with Crippen molar-refractivity contribution in [3.63, 3.8) is 0 Å². The Morgan fingerprint density at radius 2 is 1.86 bits per heavy atom. The Morgan fingerprint density at radius 3 is 2.46 bits per heavy atom. The second kappa shape index (κ2) is 8.97. The minimum Gasteiger partial charge on any atom is -0.420 e. The van der Waals surface area contributed by atoms with Gasteiger partial charge in [0.25, 0.3) is 0 Å². The number of ether oxygens (including phenoxy) is 1. The highest BCUT2D eigenvalue weighted by Gasteiger charge is 2.23. The zero-order chi connectivity index (χ0) is 20.1. The van der Waals surface area contributed by atoms with Crippen LogP contribution in [0.15, 0.2) is 36.4 Å². The van der Waals surface area contributed by atoms with Gasteiger partial charge in [-0.1, -0.05) is 25.8 Å². The minimum absolute atomic E-state index is 0.0748. The van der Waals surface area contributed by atoms with Gasteiger partial charge in [-0.25, -0.2) is 13.6 Å². The molecule has 3 nitrogen and oxygen atoms in total. The fourth-order valence-corrected chi connectivity index (χ4v) is 3.94. The van der Waals surface area contributed by atoms with E-state index in [0.29, 0.717) is 5.92 Å². The van der Waals surface area contributed by atoms with E-state index in [2.05, 4.69) is 6.92 Å². The first-order valence-electron chi connectivity index (χ1n) is 9.73. The smallest absolute Gasteiger partial charge is 0.343 e. The van der Waals surface area contributed by atoms with Crippen LogP contribution in [0.1, 0.15) is 72.9 Å². The molecule has 5 heteroatoms. The highest BCUT2D eigenvalue weighted by atomic mass is 19.1. The number of rotatable bonds is 5. The van der Waals surface area contributed by atoms with E-state index in [1.54, 1.807) is 12.1 Å². The summed E-state index contributed by atoms with van der Waals surface area (Å²) in [5, 5.41) is 8.74. The van der Waals surface area contributed by atoms with Crippen LogP contribution in [0.4, 0.5) is 8.78 Å². The van der Waals surface area contributed by atoms with Crippen molar-refractivity contribution in [1.29, 1.82) is 5.26 Å². The molecule has 0 atom stereocenters. The third kappa shape index (κ3) is 4.56. The van der Waals surface area contributed by atoms with E-state index in [1.807, 2.05) is 0 Å². The number of esters is 1. The zero-order valence-corrected chi connectivity index (χ0v) is 15.9. The van der Waals surface area contributed by atoms with E-state index in [1.165, 1.54) is 49.9 Å². The number of carbonyl (C=O) groups excluding carboxylic acids is 1. The highest BCUT2D eigenvalue weighted by molar-refractivity contribution is 5.91. The topological polar surface area (TPSA) is 50.1 Å². The van der Waals surface area contributed by atoms with Gasteiger partial charge in [0.05, 0.1) is 11.1 Å². The number of halogens is 2. The van der Waals surface area contributed by atoms with Crippen LogP contribution < -0.4 is 4.74 Å². The zero-order valence-electron chi connectivity index (χ0n) is 15.9. The second-order valence-electron chi connectivity index (χ2n) is 7.39. The Labute approximate surface area is 163 Å². The van der Waals surface area contributed by atoms with Crippen LogP contribution in [0, 0.1) is 28.9 Å². The molecule has 0 amide bonds. The van der Waals surface area contributed by atoms with Gasteiger partial charge < -0.3 is 4.74 Å². The second-order valence-corrected chi connectivity index (χ2v) is 7.39. The van der Waals surface area contributed by atoms with E-state index >= 15 is 0 Å². The number of nitriles is 1. The van der Waals surface area contributed by atoms with Gasteiger partial charge in [0, 0.05) is 0 Å². The van der Waals surface area contributed by atoms with Crippen LogP contribution in [0.25, 0.3) is 0 Å². The molecule has 1 aliphatic carbocycles. The molecule has 0 saturated heterocycles. The molecule has 2 aromatic rings. The summed E-state index contributed by atoms with van der Waals surface area (Å²) in [6, 6.07) is 9.77. The van der Waals surface area contributed by atoms with E-state index < -0.39 is 17.6 Å². The molecule has 0 aliphatic heterocycles.